The molecule has 3 N–H and O–H groups in total. The number of H-pyrrole nitrogens is 1. The van der Waals surface area contributed by atoms with Crippen molar-refractivity contribution in [3.05, 3.63) is 86.1 Å². The molecule has 0 bridgehead atoms. The highest BCUT2D eigenvalue weighted by atomic mass is 16.5. The minimum atomic E-state index is -0.699. The van der Waals surface area contributed by atoms with Crippen LogP contribution in [0.1, 0.15) is 22.7 Å². The second-order valence-electron chi connectivity index (χ2n) is 6.37. The van der Waals surface area contributed by atoms with Gasteiger partial charge in [-0.2, -0.15) is 0 Å². The molecular weight excluding hydrogens is 346 g/mol. The van der Waals surface area contributed by atoms with Crippen molar-refractivity contribution in [2.75, 3.05) is 13.7 Å². The lowest BCUT2D eigenvalue weighted by Crippen LogP contribution is -2.38. The van der Waals surface area contributed by atoms with Crippen molar-refractivity contribution in [2.45, 2.75) is 12.5 Å². The number of nitrogens with zero attached hydrogens (tertiary/aromatic N) is 1. The van der Waals surface area contributed by atoms with Gasteiger partial charge in [-0.25, -0.2) is 9.36 Å². The van der Waals surface area contributed by atoms with Crippen LogP contribution in [-0.4, -0.2) is 28.3 Å². The third-order valence-electron chi connectivity index (χ3n) is 4.85. The van der Waals surface area contributed by atoms with Crippen molar-refractivity contribution >= 4 is 0 Å². The highest BCUT2D eigenvalue weighted by molar-refractivity contribution is 5.46. The van der Waals surface area contributed by atoms with Gasteiger partial charge >= 0.3 is 5.69 Å². The first-order chi connectivity index (χ1) is 13.1. The van der Waals surface area contributed by atoms with Gasteiger partial charge in [0.2, 0.25) is 5.88 Å². The zero-order valence-electron chi connectivity index (χ0n) is 14.7. The average Bonchev–Trinajstić information content (AvgIpc) is 2.68. The Balaban J connectivity index is 1.91. The first kappa shape index (κ1) is 17.1. The Morgan fingerprint density at radius 2 is 1.85 bits per heavy atom. The number of nitrogens with one attached hydrogen (secondary N) is 2. The summed E-state index contributed by atoms with van der Waals surface area (Å²) in [5, 5.41) is 14.2. The van der Waals surface area contributed by atoms with Crippen LogP contribution in [0.15, 0.2) is 58.1 Å². The Morgan fingerprint density at radius 1 is 1.11 bits per heavy atom. The predicted octanol–water partition coefficient (Wildman–Crippen LogP) is 1.48. The Labute approximate surface area is 154 Å². The van der Waals surface area contributed by atoms with Gasteiger partial charge in [-0.05, 0) is 41.8 Å². The fourth-order valence-electron chi connectivity index (χ4n) is 3.53. The topological polar surface area (TPSA) is 96.3 Å². The summed E-state index contributed by atoms with van der Waals surface area (Å²) in [6.07, 6.45) is 0.837. The monoisotopic (exact) mass is 365 g/mol. The van der Waals surface area contributed by atoms with E-state index in [0.717, 1.165) is 22.1 Å². The van der Waals surface area contributed by atoms with Crippen LogP contribution < -0.4 is 21.3 Å². The predicted molar refractivity (Wildman–Crippen MR) is 101 cm³/mol. The molecule has 0 aliphatic carbocycles. The maximum Gasteiger partial charge on any atom is 0.335 e. The first-order valence-corrected chi connectivity index (χ1v) is 8.64. The van der Waals surface area contributed by atoms with E-state index in [9.17, 15) is 14.7 Å². The molecule has 2 aromatic carbocycles. The van der Waals surface area contributed by atoms with Gasteiger partial charge in [0.15, 0.2) is 0 Å². The zero-order valence-corrected chi connectivity index (χ0v) is 14.7. The summed E-state index contributed by atoms with van der Waals surface area (Å²) in [5.41, 5.74) is 1.29. The molecule has 0 saturated heterocycles. The first-order valence-electron chi connectivity index (χ1n) is 8.64. The molecule has 0 radical (unpaired) electrons. The Morgan fingerprint density at radius 3 is 2.59 bits per heavy atom. The van der Waals surface area contributed by atoms with Crippen LogP contribution in [0.25, 0.3) is 5.69 Å². The largest absolute Gasteiger partial charge is 0.497 e. The summed E-state index contributed by atoms with van der Waals surface area (Å²) < 4.78 is 6.22. The molecule has 0 unspecified atom stereocenters. The molecule has 138 valence electrons. The molecule has 0 amide bonds. The van der Waals surface area contributed by atoms with Crippen LogP contribution in [0.4, 0.5) is 0 Å². The van der Waals surface area contributed by atoms with Gasteiger partial charge in [0.05, 0.1) is 24.4 Å². The molecule has 7 heteroatoms. The minimum Gasteiger partial charge on any atom is -0.497 e. The molecule has 7 nitrogen and oxygen atoms in total. The number of ether oxygens (including phenoxy) is 1. The SMILES string of the molecule is COc1ccc(-n2c(O)c([C@@H]3NCCc4ccccc43)c(=O)[nH]c2=O)cc1. The second kappa shape index (κ2) is 6.77. The Hall–Kier alpha value is -3.32. The van der Waals surface area contributed by atoms with E-state index in [0.29, 0.717) is 18.0 Å². The fraction of sp³-hybridized carbons (Fsp3) is 0.200. The number of aromatic amines is 1. The lowest BCUT2D eigenvalue weighted by molar-refractivity contribution is 0.408. The van der Waals surface area contributed by atoms with Crippen LogP contribution >= 0.6 is 0 Å². The molecule has 3 aromatic rings. The standard InChI is InChI=1S/C20H19N3O4/c1-27-14-8-6-13(7-9-14)23-19(25)16(18(24)22-20(23)26)17-15-5-3-2-4-12(15)10-11-21-17/h2-9,17,21,25H,10-11H2,1H3,(H,22,24,26)/t17-/m1/s1. The number of aromatic nitrogens is 2. The summed E-state index contributed by atoms with van der Waals surface area (Å²) >= 11 is 0. The van der Waals surface area contributed by atoms with E-state index in [4.69, 9.17) is 4.74 Å². The summed E-state index contributed by atoms with van der Waals surface area (Å²) in [7, 11) is 1.54. The highest BCUT2D eigenvalue weighted by Crippen LogP contribution is 2.31. The van der Waals surface area contributed by atoms with Gasteiger partial charge in [0.25, 0.3) is 5.56 Å². The third kappa shape index (κ3) is 2.92. The Bertz CT molecular complexity index is 1100. The molecule has 0 spiro atoms. The fourth-order valence-corrected chi connectivity index (χ4v) is 3.53. The molecule has 4 rings (SSSR count). The lowest BCUT2D eigenvalue weighted by Gasteiger charge is -2.27. The van der Waals surface area contributed by atoms with Crippen LogP contribution in [-0.2, 0) is 6.42 Å². The summed E-state index contributed by atoms with van der Waals surface area (Å²) in [5.74, 6) is 0.252. The maximum atomic E-state index is 12.6. The van der Waals surface area contributed by atoms with Gasteiger partial charge in [0.1, 0.15) is 5.75 Å². The molecule has 1 aromatic heterocycles. The lowest BCUT2D eigenvalue weighted by atomic mass is 9.90. The smallest absolute Gasteiger partial charge is 0.335 e. The molecular formula is C20H19N3O4. The van der Waals surface area contributed by atoms with Gasteiger partial charge in [0, 0.05) is 6.54 Å². The molecule has 2 heterocycles. The number of benzene rings is 2. The molecule has 0 saturated carbocycles. The van der Waals surface area contributed by atoms with Crippen LogP contribution in [0.5, 0.6) is 11.6 Å². The summed E-state index contributed by atoms with van der Waals surface area (Å²) in [6, 6.07) is 13.9. The van der Waals surface area contributed by atoms with Crippen LogP contribution in [0.3, 0.4) is 0 Å². The molecule has 1 atom stereocenters. The van der Waals surface area contributed by atoms with Gasteiger partial charge < -0.3 is 15.2 Å². The van der Waals surface area contributed by atoms with Gasteiger partial charge in [-0.3, -0.25) is 9.78 Å². The van der Waals surface area contributed by atoms with Crippen molar-refractivity contribution in [1.82, 2.24) is 14.9 Å². The van der Waals surface area contributed by atoms with Crippen LogP contribution in [0, 0.1) is 0 Å². The number of hydrogen-bond acceptors (Lipinski definition) is 5. The highest BCUT2D eigenvalue weighted by Gasteiger charge is 2.28. The zero-order chi connectivity index (χ0) is 19.0. The normalized spacial score (nSPS) is 16.0. The van der Waals surface area contributed by atoms with Crippen molar-refractivity contribution in [2.24, 2.45) is 0 Å². The molecule has 27 heavy (non-hydrogen) atoms. The van der Waals surface area contributed by atoms with E-state index in [2.05, 4.69) is 10.3 Å². The maximum absolute atomic E-state index is 12.6. The summed E-state index contributed by atoms with van der Waals surface area (Å²) in [6.45, 7) is 0.669. The van der Waals surface area contributed by atoms with E-state index in [1.807, 2.05) is 24.3 Å². The average molecular weight is 365 g/mol. The second-order valence-corrected chi connectivity index (χ2v) is 6.37. The number of aromatic hydroxyl groups is 1. The van der Waals surface area contributed by atoms with Crippen molar-refractivity contribution < 1.29 is 9.84 Å². The summed E-state index contributed by atoms with van der Waals surface area (Å²) in [4.78, 5) is 27.3. The minimum absolute atomic E-state index is 0.123. The van der Waals surface area contributed by atoms with E-state index in [1.165, 1.54) is 0 Å². The number of methoxy groups -OCH3 is 1. The Kier molecular flexibility index (Phi) is 4.29. The number of fused-ring (bicyclic) bond motifs is 1. The van der Waals surface area contributed by atoms with Gasteiger partial charge in [-0.15, -0.1) is 0 Å². The molecule has 1 aliphatic rings. The van der Waals surface area contributed by atoms with E-state index in [-0.39, 0.29) is 11.4 Å². The van der Waals surface area contributed by atoms with E-state index in [1.54, 1.807) is 31.4 Å². The van der Waals surface area contributed by atoms with E-state index < -0.39 is 17.3 Å². The molecule has 1 aliphatic heterocycles. The number of hydrogen-bond donors (Lipinski definition) is 3. The van der Waals surface area contributed by atoms with Crippen molar-refractivity contribution in [3.8, 4) is 17.3 Å². The van der Waals surface area contributed by atoms with Crippen LogP contribution in [0.2, 0.25) is 0 Å². The van der Waals surface area contributed by atoms with Crippen molar-refractivity contribution in [1.29, 1.82) is 0 Å². The van der Waals surface area contributed by atoms with E-state index >= 15 is 0 Å². The van der Waals surface area contributed by atoms with Crippen molar-refractivity contribution in [3.63, 3.8) is 0 Å². The third-order valence-corrected chi connectivity index (χ3v) is 4.85. The van der Waals surface area contributed by atoms with Gasteiger partial charge in [-0.1, -0.05) is 24.3 Å². The quantitative estimate of drug-likeness (QED) is 0.653. The number of rotatable bonds is 3. The molecule has 0 fully saturated rings.